The van der Waals surface area contributed by atoms with Crippen LogP contribution in [0.3, 0.4) is 0 Å². The van der Waals surface area contributed by atoms with E-state index in [1.807, 2.05) is 20.8 Å². The fourth-order valence-corrected chi connectivity index (χ4v) is 4.25. The van der Waals surface area contributed by atoms with Gasteiger partial charge in [-0.3, -0.25) is 4.79 Å². The molecule has 0 spiro atoms. The second-order valence-electron chi connectivity index (χ2n) is 9.96. The standard InChI is InChI=1S/C23H45N3O4/c1-10-22(6,16-23(7,11-2)30-9)25-20(28)26-14-12-13-18(26)19(27)24-17(3)15-21(4,5)29-8/h17-18H,10-16H2,1-9H3,(H,24,27)(H,25,28). The van der Waals surface area contributed by atoms with Gasteiger partial charge < -0.3 is 25.0 Å². The van der Waals surface area contributed by atoms with E-state index < -0.39 is 11.6 Å². The number of rotatable bonds is 11. The molecule has 0 aliphatic carbocycles. The molecule has 0 bridgehead atoms. The van der Waals surface area contributed by atoms with Crippen LogP contribution < -0.4 is 10.6 Å². The maximum Gasteiger partial charge on any atom is 0.318 e. The summed E-state index contributed by atoms with van der Waals surface area (Å²) >= 11 is 0. The van der Waals surface area contributed by atoms with Crippen LogP contribution in [0.2, 0.25) is 0 Å². The lowest BCUT2D eigenvalue weighted by atomic mass is 9.83. The molecule has 1 heterocycles. The Morgan fingerprint density at radius 2 is 1.73 bits per heavy atom. The van der Waals surface area contributed by atoms with E-state index >= 15 is 0 Å². The van der Waals surface area contributed by atoms with Crippen molar-refractivity contribution in [2.75, 3.05) is 20.8 Å². The van der Waals surface area contributed by atoms with Gasteiger partial charge in [-0.2, -0.15) is 0 Å². The molecule has 0 aromatic rings. The Morgan fingerprint density at radius 3 is 2.23 bits per heavy atom. The molecule has 30 heavy (non-hydrogen) atoms. The SMILES string of the molecule is CCC(C)(CC(C)(CC)OC)NC(=O)N1CCCC1C(=O)NC(C)CC(C)(C)OC. The molecule has 1 rings (SSSR count). The molecule has 7 heteroatoms. The number of likely N-dealkylation sites (tertiary alicyclic amines) is 1. The number of methoxy groups -OCH3 is 2. The molecule has 1 aliphatic heterocycles. The van der Waals surface area contributed by atoms with Gasteiger partial charge in [0.25, 0.3) is 0 Å². The third kappa shape index (κ3) is 7.41. The van der Waals surface area contributed by atoms with Crippen LogP contribution in [0.5, 0.6) is 0 Å². The van der Waals surface area contributed by atoms with E-state index in [1.165, 1.54) is 0 Å². The summed E-state index contributed by atoms with van der Waals surface area (Å²) in [6.07, 6.45) is 4.58. The van der Waals surface area contributed by atoms with Crippen LogP contribution in [-0.4, -0.2) is 66.4 Å². The molecule has 176 valence electrons. The number of hydrogen-bond acceptors (Lipinski definition) is 4. The maximum atomic E-state index is 13.1. The highest BCUT2D eigenvalue weighted by atomic mass is 16.5. The van der Waals surface area contributed by atoms with Crippen LogP contribution in [0.15, 0.2) is 0 Å². The number of nitrogens with one attached hydrogen (secondary N) is 2. The third-order valence-corrected chi connectivity index (χ3v) is 6.75. The first-order valence-corrected chi connectivity index (χ1v) is 11.3. The average Bonchev–Trinajstić information content (AvgIpc) is 3.17. The zero-order chi connectivity index (χ0) is 23.2. The molecular weight excluding hydrogens is 382 g/mol. The Morgan fingerprint density at radius 1 is 1.10 bits per heavy atom. The van der Waals surface area contributed by atoms with Crippen molar-refractivity contribution in [3.63, 3.8) is 0 Å². The minimum Gasteiger partial charge on any atom is -0.379 e. The predicted molar refractivity (Wildman–Crippen MR) is 121 cm³/mol. The smallest absolute Gasteiger partial charge is 0.318 e. The van der Waals surface area contributed by atoms with Crippen LogP contribution >= 0.6 is 0 Å². The molecule has 0 aromatic carbocycles. The molecule has 1 saturated heterocycles. The van der Waals surface area contributed by atoms with Crippen LogP contribution in [0.4, 0.5) is 4.79 Å². The van der Waals surface area contributed by atoms with E-state index in [1.54, 1.807) is 19.1 Å². The largest absolute Gasteiger partial charge is 0.379 e. The Labute approximate surface area is 183 Å². The monoisotopic (exact) mass is 427 g/mol. The van der Waals surface area contributed by atoms with Crippen molar-refractivity contribution in [1.82, 2.24) is 15.5 Å². The highest BCUT2D eigenvalue weighted by molar-refractivity contribution is 5.88. The summed E-state index contributed by atoms with van der Waals surface area (Å²) in [5.41, 5.74) is -1.02. The van der Waals surface area contributed by atoms with E-state index in [0.29, 0.717) is 25.8 Å². The lowest BCUT2D eigenvalue weighted by Gasteiger charge is -2.40. The summed E-state index contributed by atoms with van der Waals surface area (Å²) in [5, 5.41) is 6.27. The van der Waals surface area contributed by atoms with Gasteiger partial charge in [0.05, 0.1) is 11.2 Å². The minimum atomic E-state index is -0.431. The summed E-state index contributed by atoms with van der Waals surface area (Å²) in [6, 6.07) is -0.638. The number of amides is 3. The fraction of sp³-hybridized carbons (Fsp3) is 0.913. The summed E-state index contributed by atoms with van der Waals surface area (Å²) in [7, 11) is 3.39. The maximum absolute atomic E-state index is 13.1. The topological polar surface area (TPSA) is 79.9 Å². The molecule has 3 amide bonds. The summed E-state index contributed by atoms with van der Waals surface area (Å²) in [4.78, 5) is 27.7. The van der Waals surface area contributed by atoms with Gasteiger partial charge in [-0.1, -0.05) is 13.8 Å². The Hall–Kier alpha value is -1.34. The minimum absolute atomic E-state index is 0.0363. The molecule has 7 nitrogen and oxygen atoms in total. The number of hydrogen-bond donors (Lipinski definition) is 2. The quantitative estimate of drug-likeness (QED) is 0.525. The van der Waals surface area contributed by atoms with Gasteiger partial charge in [-0.15, -0.1) is 0 Å². The van der Waals surface area contributed by atoms with Gasteiger partial charge in [-0.05, 0) is 73.1 Å². The molecule has 0 saturated carbocycles. The Kier molecular flexibility index (Phi) is 9.61. The van der Waals surface area contributed by atoms with E-state index in [-0.39, 0.29) is 29.2 Å². The highest BCUT2D eigenvalue weighted by Gasteiger charge is 2.39. The van der Waals surface area contributed by atoms with E-state index in [4.69, 9.17) is 9.47 Å². The van der Waals surface area contributed by atoms with Gasteiger partial charge in [0.15, 0.2) is 0 Å². The molecule has 0 radical (unpaired) electrons. The first-order valence-electron chi connectivity index (χ1n) is 11.3. The van der Waals surface area contributed by atoms with Gasteiger partial charge in [-0.25, -0.2) is 4.79 Å². The zero-order valence-corrected chi connectivity index (χ0v) is 20.7. The number of urea groups is 1. The second kappa shape index (κ2) is 10.8. The van der Waals surface area contributed by atoms with Crippen LogP contribution in [0.25, 0.3) is 0 Å². The van der Waals surface area contributed by atoms with Crippen molar-refractivity contribution in [2.24, 2.45) is 0 Å². The number of nitrogens with zero attached hydrogens (tertiary/aromatic N) is 1. The second-order valence-corrected chi connectivity index (χ2v) is 9.96. The third-order valence-electron chi connectivity index (χ3n) is 6.75. The highest BCUT2D eigenvalue weighted by Crippen LogP contribution is 2.29. The van der Waals surface area contributed by atoms with Crippen molar-refractivity contribution in [3.05, 3.63) is 0 Å². The summed E-state index contributed by atoms with van der Waals surface area (Å²) in [5.74, 6) is -0.0875. The lowest BCUT2D eigenvalue weighted by molar-refractivity contribution is -0.125. The van der Waals surface area contributed by atoms with Crippen LogP contribution in [0, 0.1) is 0 Å². The molecule has 1 aliphatic rings. The number of carbonyl (C=O) groups excluding carboxylic acids is 2. The normalized spacial score (nSPS) is 22.2. The Balaban J connectivity index is 2.80. The van der Waals surface area contributed by atoms with Crippen molar-refractivity contribution in [1.29, 1.82) is 0 Å². The van der Waals surface area contributed by atoms with Gasteiger partial charge in [0, 0.05) is 32.3 Å². The molecule has 4 atom stereocenters. The Bertz CT molecular complexity index is 577. The summed E-state index contributed by atoms with van der Waals surface area (Å²) < 4.78 is 11.2. The van der Waals surface area contributed by atoms with Crippen molar-refractivity contribution in [2.45, 2.75) is 116 Å². The average molecular weight is 428 g/mol. The number of ether oxygens (including phenoxy) is 2. The van der Waals surface area contributed by atoms with Crippen molar-refractivity contribution in [3.8, 4) is 0 Å². The molecule has 4 unspecified atom stereocenters. The first-order chi connectivity index (χ1) is 13.8. The predicted octanol–water partition coefficient (Wildman–Crippen LogP) is 3.85. The zero-order valence-electron chi connectivity index (χ0n) is 20.7. The molecule has 1 fully saturated rings. The van der Waals surface area contributed by atoms with Crippen molar-refractivity contribution >= 4 is 11.9 Å². The lowest BCUT2D eigenvalue weighted by Crippen LogP contribution is -2.57. The van der Waals surface area contributed by atoms with Crippen LogP contribution in [-0.2, 0) is 14.3 Å². The van der Waals surface area contributed by atoms with Gasteiger partial charge >= 0.3 is 6.03 Å². The first kappa shape index (κ1) is 26.7. The van der Waals surface area contributed by atoms with Gasteiger partial charge in [0.1, 0.15) is 6.04 Å². The van der Waals surface area contributed by atoms with Crippen molar-refractivity contribution < 1.29 is 19.1 Å². The number of carbonyl (C=O) groups is 2. The molecule has 2 N–H and O–H groups in total. The van der Waals surface area contributed by atoms with Gasteiger partial charge in [0.2, 0.25) is 5.91 Å². The fourth-order valence-electron chi connectivity index (χ4n) is 4.25. The van der Waals surface area contributed by atoms with Crippen LogP contribution in [0.1, 0.15) is 87.0 Å². The van der Waals surface area contributed by atoms with E-state index in [9.17, 15) is 9.59 Å². The molecular formula is C23H45N3O4. The van der Waals surface area contributed by atoms with E-state index in [2.05, 4.69) is 38.3 Å². The van der Waals surface area contributed by atoms with E-state index in [0.717, 1.165) is 19.3 Å². The molecule has 0 aromatic heterocycles. The summed E-state index contributed by atoms with van der Waals surface area (Å²) in [6.45, 7) is 14.9.